The summed E-state index contributed by atoms with van der Waals surface area (Å²) in [5.41, 5.74) is 0. The smallest absolute Gasteiger partial charge is 0.220 e. The van der Waals surface area contributed by atoms with Crippen LogP contribution in [0.1, 0.15) is 367 Å². The van der Waals surface area contributed by atoms with Crippen LogP contribution < -0.4 is 5.32 Å². The van der Waals surface area contributed by atoms with Crippen molar-refractivity contribution in [2.45, 2.75) is 410 Å². The quantitative estimate of drug-likeness (QED) is 0.0330. The van der Waals surface area contributed by atoms with Crippen molar-refractivity contribution in [2.75, 3.05) is 13.2 Å². The standard InChI is InChI=1S/C67H133NO8/c1-3-5-7-9-11-13-15-17-19-21-23-25-27-28-29-30-31-32-33-35-37-39-41-43-45-47-49-51-53-55-57-63(71)68-60(59-75-67-66(74)65(73)64(72)62(58-69)76-67)61(70)56-54-52-50-48-46-44-42-40-38-36-34-26-24-22-20-18-16-14-12-10-8-6-4-2/h60-62,64-67,69-70,72-74H,3-59H2,1-2H3,(H,68,71). The third kappa shape index (κ3) is 45.9. The number of aliphatic hydroxyl groups excluding tert-OH is 5. The molecule has 6 N–H and O–H groups in total. The van der Waals surface area contributed by atoms with E-state index >= 15 is 0 Å². The molecule has 1 rings (SSSR count). The lowest BCUT2D eigenvalue weighted by atomic mass is 9.99. The predicted octanol–water partition coefficient (Wildman–Crippen LogP) is 18.1. The Bertz CT molecular complexity index is 1160. The van der Waals surface area contributed by atoms with Crippen molar-refractivity contribution >= 4 is 5.91 Å². The van der Waals surface area contributed by atoms with E-state index in [1.54, 1.807) is 0 Å². The fourth-order valence-electron chi connectivity index (χ4n) is 11.6. The number of carbonyl (C=O) groups excluding carboxylic acids is 1. The van der Waals surface area contributed by atoms with Gasteiger partial charge in [0.15, 0.2) is 6.29 Å². The van der Waals surface area contributed by atoms with Crippen LogP contribution in [-0.2, 0) is 14.3 Å². The normalized spacial score (nSPS) is 18.6. The zero-order valence-corrected chi connectivity index (χ0v) is 50.8. The largest absolute Gasteiger partial charge is 0.394 e. The molecular formula is C67H133NO8. The molecule has 0 radical (unpaired) electrons. The molecular weight excluding hydrogens is 947 g/mol. The predicted molar refractivity (Wildman–Crippen MR) is 323 cm³/mol. The molecule has 1 saturated heterocycles. The average Bonchev–Trinajstić information content (AvgIpc) is 3.42. The van der Waals surface area contributed by atoms with Crippen molar-refractivity contribution in [3.05, 3.63) is 0 Å². The van der Waals surface area contributed by atoms with Crippen LogP contribution in [0.4, 0.5) is 0 Å². The van der Waals surface area contributed by atoms with Crippen molar-refractivity contribution in [1.82, 2.24) is 5.32 Å². The molecule has 0 aromatic heterocycles. The monoisotopic (exact) mass is 1080 g/mol. The summed E-state index contributed by atoms with van der Waals surface area (Å²) in [6, 6.07) is -0.715. The highest BCUT2D eigenvalue weighted by molar-refractivity contribution is 5.76. The molecule has 1 amide bonds. The fourth-order valence-corrected chi connectivity index (χ4v) is 11.6. The van der Waals surface area contributed by atoms with Gasteiger partial charge in [-0.15, -0.1) is 0 Å². The summed E-state index contributed by atoms with van der Waals surface area (Å²) in [5.74, 6) is -0.133. The molecule has 9 heteroatoms. The highest BCUT2D eigenvalue weighted by atomic mass is 16.7. The second-order valence-corrected chi connectivity index (χ2v) is 24.3. The fraction of sp³-hybridized carbons (Fsp3) is 0.985. The van der Waals surface area contributed by atoms with Crippen LogP contribution in [0.2, 0.25) is 0 Å². The Balaban J connectivity index is 2.10. The molecule has 0 saturated carbocycles. The number of aliphatic hydroxyl groups is 5. The number of hydrogen-bond donors (Lipinski definition) is 6. The van der Waals surface area contributed by atoms with Gasteiger partial charge in [-0.25, -0.2) is 0 Å². The van der Waals surface area contributed by atoms with Crippen molar-refractivity contribution in [2.24, 2.45) is 0 Å². The average molecular weight is 1080 g/mol. The molecule has 454 valence electrons. The molecule has 0 bridgehead atoms. The van der Waals surface area contributed by atoms with Gasteiger partial charge in [0.25, 0.3) is 0 Å². The van der Waals surface area contributed by atoms with Gasteiger partial charge < -0.3 is 40.3 Å². The molecule has 0 aromatic rings. The SMILES string of the molecule is CCCCCCCCCCCCCCCCCCCCCCCCCCCCCCCCC(=O)NC(COC1OC(CO)C(O)C(O)C1O)C(O)CCCCCCCCCCCCCCCCCCCCCCCCC. The van der Waals surface area contributed by atoms with E-state index in [4.69, 9.17) is 9.47 Å². The summed E-state index contributed by atoms with van der Waals surface area (Å²) in [7, 11) is 0. The minimum atomic E-state index is -1.55. The molecule has 76 heavy (non-hydrogen) atoms. The molecule has 1 heterocycles. The number of hydrogen-bond acceptors (Lipinski definition) is 8. The first-order valence-corrected chi connectivity index (χ1v) is 34.2. The van der Waals surface area contributed by atoms with Crippen LogP contribution in [0.5, 0.6) is 0 Å². The molecule has 1 aliphatic heterocycles. The van der Waals surface area contributed by atoms with Crippen LogP contribution in [0.3, 0.4) is 0 Å². The molecule has 0 aromatic carbocycles. The first-order valence-electron chi connectivity index (χ1n) is 34.2. The van der Waals surface area contributed by atoms with E-state index < -0.39 is 49.5 Å². The topological polar surface area (TPSA) is 149 Å². The van der Waals surface area contributed by atoms with E-state index in [0.717, 1.165) is 38.5 Å². The Morgan fingerprint density at radius 1 is 0.395 bits per heavy atom. The summed E-state index contributed by atoms with van der Waals surface area (Å²) in [5, 5.41) is 54.9. The molecule has 0 aliphatic carbocycles. The summed E-state index contributed by atoms with van der Waals surface area (Å²) >= 11 is 0. The van der Waals surface area contributed by atoms with Gasteiger partial charge >= 0.3 is 0 Å². The Hall–Kier alpha value is -0.810. The van der Waals surface area contributed by atoms with Gasteiger partial charge in [0.05, 0.1) is 25.4 Å². The van der Waals surface area contributed by atoms with E-state index in [2.05, 4.69) is 19.2 Å². The van der Waals surface area contributed by atoms with Gasteiger partial charge in [0, 0.05) is 6.42 Å². The summed E-state index contributed by atoms with van der Waals surface area (Å²) in [6.45, 7) is 3.91. The van der Waals surface area contributed by atoms with Gasteiger partial charge in [-0.3, -0.25) is 4.79 Å². The van der Waals surface area contributed by atoms with Crippen LogP contribution in [0.15, 0.2) is 0 Å². The van der Waals surface area contributed by atoms with Crippen LogP contribution in [-0.4, -0.2) is 87.5 Å². The zero-order chi connectivity index (χ0) is 55.0. The molecule has 1 fully saturated rings. The first kappa shape index (κ1) is 73.2. The summed E-state index contributed by atoms with van der Waals surface area (Å²) < 4.78 is 11.4. The van der Waals surface area contributed by atoms with Gasteiger partial charge in [-0.1, -0.05) is 348 Å². The molecule has 9 nitrogen and oxygen atoms in total. The number of carbonyl (C=O) groups is 1. The van der Waals surface area contributed by atoms with Gasteiger partial charge in [0.1, 0.15) is 24.4 Å². The Kier molecular flexibility index (Phi) is 55.3. The maximum atomic E-state index is 13.1. The minimum absolute atomic E-state index is 0.130. The third-order valence-electron chi connectivity index (χ3n) is 17.0. The molecule has 0 spiro atoms. The summed E-state index contributed by atoms with van der Waals surface area (Å²) in [4.78, 5) is 13.1. The third-order valence-corrected chi connectivity index (χ3v) is 17.0. The zero-order valence-electron chi connectivity index (χ0n) is 50.8. The Labute approximate surface area is 472 Å². The maximum Gasteiger partial charge on any atom is 0.220 e. The van der Waals surface area contributed by atoms with Gasteiger partial charge in [0.2, 0.25) is 5.91 Å². The van der Waals surface area contributed by atoms with E-state index in [-0.39, 0.29) is 12.5 Å². The Morgan fingerprint density at radius 3 is 0.934 bits per heavy atom. The minimum Gasteiger partial charge on any atom is -0.394 e. The van der Waals surface area contributed by atoms with Crippen molar-refractivity contribution in [3.63, 3.8) is 0 Å². The van der Waals surface area contributed by atoms with Gasteiger partial charge in [-0.2, -0.15) is 0 Å². The lowest BCUT2D eigenvalue weighted by Gasteiger charge is -2.40. The van der Waals surface area contributed by atoms with E-state index in [1.165, 1.54) is 302 Å². The van der Waals surface area contributed by atoms with E-state index in [0.29, 0.717) is 12.8 Å². The van der Waals surface area contributed by atoms with E-state index in [9.17, 15) is 30.3 Å². The number of amides is 1. The lowest BCUT2D eigenvalue weighted by Crippen LogP contribution is -2.60. The second kappa shape index (κ2) is 57.4. The van der Waals surface area contributed by atoms with Crippen molar-refractivity contribution in [3.8, 4) is 0 Å². The number of unbranched alkanes of at least 4 members (excludes halogenated alkanes) is 51. The number of rotatable bonds is 61. The lowest BCUT2D eigenvalue weighted by molar-refractivity contribution is -0.302. The van der Waals surface area contributed by atoms with E-state index in [1.807, 2.05) is 0 Å². The van der Waals surface area contributed by atoms with Crippen LogP contribution in [0.25, 0.3) is 0 Å². The van der Waals surface area contributed by atoms with Crippen LogP contribution in [0, 0.1) is 0 Å². The highest BCUT2D eigenvalue weighted by Gasteiger charge is 2.44. The Morgan fingerprint density at radius 2 is 0.658 bits per heavy atom. The highest BCUT2D eigenvalue weighted by Crippen LogP contribution is 2.24. The maximum absolute atomic E-state index is 13.1. The number of ether oxygens (including phenoxy) is 2. The van der Waals surface area contributed by atoms with Crippen molar-refractivity contribution in [1.29, 1.82) is 0 Å². The van der Waals surface area contributed by atoms with Crippen LogP contribution >= 0.6 is 0 Å². The second-order valence-electron chi connectivity index (χ2n) is 24.3. The number of nitrogens with one attached hydrogen (secondary N) is 1. The molecule has 1 aliphatic rings. The first-order chi connectivity index (χ1) is 37.3. The summed E-state index contributed by atoms with van der Waals surface area (Å²) in [6.07, 6.45) is 64.5. The molecule has 7 unspecified atom stereocenters. The van der Waals surface area contributed by atoms with Gasteiger partial charge in [-0.05, 0) is 12.8 Å². The van der Waals surface area contributed by atoms with Crippen molar-refractivity contribution < 1.29 is 39.8 Å². The molecule has 7 atom stereocenters.